The third-order valence-corrected chi connectivity index (χ3v) is 8.14. The molecule has 4 rings (SSSR count). The maximum atomic E-state index is 12.4. The van der Waals surface area contributed by atoms with Gasteiger partial charge in [0.25, 0.3) is 0 Å². The summed E-state index contributed by atoms with van der Waals surface area (Å²) >= 11 is 0. The first-order chi connectivity index (χ1) is 10.5. The van der Waals surface area contributed by atoms with Crippen LogP contribution in [0, 0.1) is 34.5 Å². The van der Waals surface area contributed by atoms with Crippen molar-refractivity contribution in [1.29, 1.82) is 0 Å². The molecule has 4 fully saturated rings. The van der Waals surface area contributed by atoms with Gasteiger partial charge in [0.15, 0.2) is 0 Å². The number of carbonyl (C=O) groups is 2. The summed E-state index contributed by atoms with van der Waals surface area (Å²) in [6.07, 6.45) is 11.3. The van der Waals surface area contributed by atoms with Crippen LogP contribution in [0.1, 0.15) is 64.7 Å². The standard InChI is InChI=1S/C20H28O2/c1-3-20-11-8-14(21)12-13(20)4-5-15-16-6-7-18(22)19(16,2)10-9-17(15)20/h3,13,15-17H,1,4-12H2,2H3/t13-,15+,16+,17+,19+,20+/m1/s1. The number of carbonyl (C=O) groups excluding carboxylic acids is 2. The molecule has 2 heteroatoms. The lowest BCUT2D eigenvalue weighted by molar-refractivity contribution is -0.140. The molecule has 4 saturated carbocycles. The zero-order valence-corrected chi connectivity index (χ0v) is 13.8. The van der Waals surface area contributed by atoms with E-state index >= 15 is 0 Å². The summed E-state index contributed by atoms with van der Waals surface area (Å²) in [4.78, 5) is 24.3. The van der Waals surface area contributed by atoms with E-state index in [0.717, 1.165) is 38.5 Å². The molecule has 6 atom stereocenters. The maximum absolute atomic E-state index is 12.4. The number of Topliss-reactive ketones (excluding diaryl/α,β-unsaturated/α-hetero) is 2. The van der Waals surface area contributed by atoms with Crippen LogP contribution in [0.5, 0.6) is 0 Å². The minimum atomic E-state index is -0.0408. The largest absolute Gasteiger partial charge is 0.300 e. The van der Waals surface area contributed by atoms with E-state index in [1.165, 1.54) is 19.3 Å². The van der Waals surface area contributed by atoms with Crippen molar-refractivity contribution in [2.75, 3.05) is 0 Å². The van der Waals surface area contributed by atoms with E-state index in [-0.39, 0.29) is 10.8 Å². The summed E-state index contributed by atoms with van der Waals surface area (Å²) in [6, 6.07) is 0. The molecular weight excluding hydrogens is 272 g/mol. The zero-order chi connectivity index (χ0) is 15.5. The van der Waals surface area contributed by atoms with Crippen LogP contribution in [0.25, 0.3) is 0 Å². The van der Waals surface area contributed by atoms with Crippen LogP contribution >= 0.6 is 0 Å². The number of hydrogen-bond donors (Lipinski definition) is 0. The van der Waals surface area contributed by atoms with Gasteiger partial charge < -0.3 is 0 Å². The average Bonchev–Trinajstić information content (AvgIpc) is 2.82. The zero-order valence-electron chi connectivity index (χ0n) is 13.8. The van der Waals surface area contributed by atoms with E-state index in [2.05, 4.69) is 19.6 Å². The predicted octanol–water partition coefficient (Wildman–Crippen LogP) is 4.33. The monoisotopic (exact) mass is 300 g/mol. The Balaban J connectivity index is 1.69. The molecule has 0 aromatic carbocycles. The fourth-order valence-corrected chi connectivity index (χ4v) is 6.93. The maximum Gasteiger partial charge on any atom is 0.139 e. The molecule has 0 unspecified atom stereocenters. The molecule has 22 heavy (non-hydrogen) atoms. The summed E-state index contributed by atoms with van der Waals surface area (Å²) in [5.41, 5.74) is 0.143. The second-order valence-electron chi connectivity index (χ2n) is 8.63. The van der Waals surface area contributed by atoms with Gasteiger partial charge in [-0.05, 0) is 67.6 Å². The van der Waals surface area contributed by atoms with E-state index < -0.39 is 0 Å². The first kappa shape index (κ1) is 14.7. The van der Waals surface area contributed by atoms with Crippen LogP contribution in [-0.2, 0) is 9.59 Å². The lowest BCUT2D eigenvalue weighted by Gasteiger charge is -2.59. The Kier molecular flexibility index (Phi) is 3.19. The van der Waals surface area contributed by atoms with Gasteiger partial charge in [0.1, 0.15) is 11.6 Å². The van der Waals surface area contributed by atoms with Crippen molar-refractivity contribution < 1.29 is 9.59 Å². The van der Waals surface area contributed by atoms with Crippen LogP contribution in [0.15, 0.2) is 12.7 Å². The van der Waals surface area contributed by atoms with Gasteiger partial charge in [0, 0.05) is 24.7 Å². The van der Waals surface area contributed by atoms with E-state index in [1.807, 2.05) is 0 Å². The van der Waals surface area contributed by atoms with Crippen molar-refractivity contribution in [1.82, 2.24) is 0 Å². The third-order valence-electron chi connectivity index (χ3n) is 8.14. The predicted molar refractivity (Wildman–Crippen MR) is 86.3 cm³/mol. The fourth-order valence-electron chi connectivity index (χ4n) is 6.93. The molecule has 0 bridgehead atoms. The highest BCUT2D eigenvalue weighted by Gasteiger charge is 2.60. The summed E-state index contributed by atoms with van der Waals surface area (Å²) in [5, 5.41) is 0. The van der Waals surface area contributed by atoms with Gasteiger partial charge in [-0.2, -0.15) is 0 Å². The Morgan fingerprint density at radius 3 is 2.64 bits per heavy atom. The molecule has 0 radical (unpaired) electrons. The average molecular weight is 300 g/mol. The second kappa shape index (κ2) is 4.79. The number of fused-ring (bicyclic) bond motifs is 5. The molecule has 0 aliphatic heterocycles. The topological polar surface area (TPSA) is 34.1 Å². The molecule has 0 aromatic heterocycles. The van der Waals surface area contributed by atoms with Gasteiger partial charge in [-0.25, -0.2) is 0 Å². The molecule has 0 heterocycles. The van der Waals surface area contributed by atoms with Crippen LogP contribution in [0.4, 0.5) is 0 Å². The van der Waals surface area contributed by atoms with Gasteiger partial charge in [-0.1, -0.05) is 13.0 Å². The summed E-state index contributed by atoms with van der Waals surface area (Å²) in [5.74, 6) is 3.44. The first-order valence-corrected chi connectivity index (χ1v) is 9.20. The highest BCUT2D eigenvalue weighted by molar-refractivity contribution is 5.87. The van der Waals surface area contributed by atoms with Crippen molar-refractivity contribution >= 4 is 11.6 Å². The van der Waals surface area contributed by atoms with E-state index in [0.29, 0.717) is 35.2 Å². The number of hydrogen-bond acceptors (Lipinski definition) is 2. The van der Waals surface area contributed by atoms with Gasteiger partial charge in [-0.15, -0.1) is 6.58 Å². The first-order valence-electron chi connectivity index (χ1n) is 9.20. The molecule has 4 aliphatic carbocycles. The molecule has 0 spiro atoms. The molecule has 0 amide bonds. The van der Waals surface area contributed by atoms with E-state index in [9.17, 15) is 9.59 Å². The summed E-state index contributed by atoms with van der Waals surface area (Å²) in [6.45, 7) is 6.45. The van der Waals surface area contributed by atoms with Crippen LogP contribution in [0.2, 0.25) is 0 Å². The minimum absolute atomic E-state index is 0.0408. The molecule has 120 valence electrons. The highest BCUT2D eigenvalue weighted by Crippen LogP contribution is 2.65. The lowest BCUT2D eigenvalue weighted by atomic mass is 9.45. The van der Waals surface area contributed by atoms with Crippen LogP contribution in [0.3, 0.4) is 0 Å². The lowest BCUT2D eigenvalue weighted by Crippen LogP contribution is -2.54. The molecule has 2 nitrogen and oxygen atoms in total. The Labute approximate surface area is 133 Å². The molecule has 4 aliphatic rings. The Hall–Kier alpha value is -0.920. The van der Waals surface area contributed by atoms with E-state index in [4.69, 9.17) is 0 Å². The number of allylic oxidation sites excluding steroid dienone is 1. The number of ketones is 2. The number of rotatable bonds is 1. The van der Waals surface area contributed by atoms with Gasteiger partial charge in [0.2, 0.25) is 0 Å². The quantitative estimate of drug-likeness (QED) is 0.675. The van der Waals surface area contributed by atoms with Crippen LogP contribution < -0.4 is 0 Å². The Morgan fingerprint density at radius 1 is 1.05 bits per heavy atom. The highest BCUT2D eigenvalue weighted by atomic mass is 16.1. The normalized spacial score (nSPS) is 51.0. The Bertz CT molecular complexity index is 536. The SMILES string of the molecule is C=C[C@]12CCC(=O)C[C@H]1CC[C@@H]1[C@@H]2CC[C@]2(C)C(=O)CC[C@@H]12. The fraction of sp³-hybridized carbons (Fsp3) is 0.800. The minimum Gasteiger partial charge on any atom is -0.300 e. The smallest absolute Gasteiger partial charge is 0.139 e. The van der Waals surface area contributed by atoms with Gasteiger partial charge in [0.05, 0.1) is 0 Å². The molecule has 0 N–H and O–H groups in total. The second-order valence-corrected chi connectivity index (χ2v) is 8.63. The van der Waals surface area contributed by atoms with Gasteiger partial charge >= 0.3 is 0 Å². The van der Waals surface area contributed by atoms with Crippen LogP contribution in [-0.4, -0.2) is 11.6 Å². The van der Waals surface area contributed by atoms with Crippen molar-refractivity contribution in [3.05, 3.63) is 12.7 Å². The summed E-state index contributed by atoms with van der Waals surface area (Å²) < 4.78 is 0. The van der Waals surface area contributed by atoms with Crippen molar-refractivity contribution in [3.63, 3.8) is 0 Å². The van der Waals surface area contributed by atoms with Crippen molar-refractivity contribution in [2.45, 2.75) is 64.7 Å². The molecule has 0 saturated heterocycles. The van der Waals surface area contributed by atoms with Crippen molar-refractivity contribution in [3.8, 4) is 0 Å². The molecule has 0 aromatic rings. The van der Waals surface area contributed by atoms with Gasteiger partial charge in [-0.3, -0.25) is 9.59 Å². The summed E-state index contributed by atoms with van der Waals surface area (Å²) in [7, 11) is 0. The van der Waals surface area contributed by atoms with E-state index in [1.54, 1.807) is 0 Å². The molecular formula is C20H28O2. The third kappa shape index (κ3) is 1.73. The van der Waals surface area contributed by atoms with Crippen molar-refractivity contribution in [2.24, 2.45) is 34.5 Å². The Morgan fingerprint density at radius 2 is 1.86 bits per heavy atom.